The van der Waals surface area contributed by atoms with Gasteiger partial charge in [-0.05, 0) is 20.8 Å². The van der Waals surface area contributed by atoms with Crippen molar-refractivity contribution in [2.75, 3.05) is 7.11 Å². The third kappa shape index (κ3) is 3.96. The lowest BCUT2D eigenvalue weighted by molar-refractivity contribution is 0.0397. The molecule has 1 heteroatoms. The molecule has 0 saturated carbocycles. The van der Waals surface area contributed by atoms with Gasteiger partial charge in [0.25, 0.3) is 0 Å². The molecule has 0 N–H and O–H groups in total. The van der Waals surface area contributed by atoms with Crippen LogP contribution in [0.1, 0.15) is 20.8 Å². The molecule has 0 aromatic heterocycles. The van der Waals surface area contributed by atoms with E-state index in [9.17, 15) is 0 Å². The first-order valence-corrected chi connectivity index (χ1v) is 2.11. The van der Waals surface area contributed by atoms with Crippen LogP contribution in [0.3, 0.4) is 0 Å². The lowest BCUT2D eigenvalue weighted by Crippen LogP contribution is -2.15. The zero-order valence-electron chi connectivity index (χ0n) is 4.91. The van der Waals surface area contributed by atoms with Crippen LogP contribution in [0.4, 0.5) is 0 Å². The molecule has 0 radical (unpaired) electrons. The Labute approximate surface area is 39.3 Å². The SMILES string of the molecule is C[14C](C)(C)O[14CH3]. The number of ether oxygens (including phenoxy) is 1. The van der Waals surface area contributed by atoms with Gasteiger partial charge in [0.2, 0.25) is 0 Å². The maximum Gasteiger partial charge on any atom is 0.0594 e. The van der Waals surface area contributed by atoms with Crippen LogP contribution in [0.2, 0.25) is 0 Å². The Morgan fingerprint density at radius 3 is 1.50 bits per heavy atom. The van der Waals surface area contributed by atoms with Crippen molar-refractivity contribution in [3.63, 3.8) is 0 Å². The zero-order valence-corrected chi connectivity index (χ0v) is 4.91. The molecule has 0 bridgehead atoms. The van der Waals surface area contributed by atoms with E-state index in [0.29, 0.717) is 0 Å². The minimum absolute atomic E-state index is 0.0417. The average molecular weight is 92.1 g/mol. The average Bonchev–Trinajstić information content (AvgIpc) is 1.35. The fraction of sp³-hybridized carbons (Fsp3) is 1.00. The van der Waals surface area contributed by atoms with Crippen LogP contribution in [0.25, 0.3) is 0 Å². The molecule has 38 valence electrons. The van der Waals surface area contributed by atoms with Gasteiger partial charge in [0.1, 0.15) is 0 Å². The summed E-state index contributed by atoms with van der Waals surface area (Å²) in [5, 5.41) is 0. The maximum atomic E-state index is 4.94. The summed E-state index contributed by atoms with van der Waals surface area (Å²) in [5.41, 5.74) is 0.0417. The Kier molecular flexibility index (Phi) is 1.59. The van der Waals surface area contributed by atoms with E-state index in [-0.39, 0.29) is 5.60 Å². The molecular formula is C5H12O. The van der Waals surface area contributed by atoms with Crippen LogP contribution in [-0.4, -0.2) is 12.7 Å². The van der Waals surface area contributed by atoms with Crippen molar-refractivity contribution in [3.8, 4) is 0 Å². The number of methoxy groups -OCH3 is 1. The molecule has 6 heavy (non-hydrogen) atoms. The van der Waals surface area contributed by atoms with Gasteiger partial charge in [-0.3, -0.25) is 0 Å². The van der Waals surface area contributed by atoms with Crippen molar-refractivity contribution in [2.24, 2.45) is 0 Å². The second-order valence-corrected chi connectivity index (χ2v) is 2.32. The highest BCUT2D eigenvalue weighted by atomic mass is 16.8. The van der Waals surface area contributed by atoms with Crippen LogP contribution >= 0.6 is 0 Å². The molecule has 0 amide bonds. The summed E-state index contributed by atoms with van der Waals surface area (Å²) in [5.74, 6) is 0. The Morgan fingerprint density at radius 2 is 1.50 bits per heavy atom. The van der Waals surface area contributed by atoms with E-state index in [4.69, 9.17) is 4.74 Å². The topological polar surface area (TPSA) is 9.23 Å². The largest absolute Gasteiger partial charge is 0.379 e. The van der Waals surface area contributed by atoms with Crippen molar-refractivity contribution in [1.82, 2.24) is 0 Å². The number of rotatable bonds is 0. The lowest BCUT2D eigenvalue weighted by atomic mass is 11.0. The first-order chi connectivity index (χ1) is 2.56. The summed E-state index contributed by atoms with van der Waals surface area (Å²) in [6.45, 7) is 6.06. The predicted molar refractivity (Wildman–Crippen MR) is 26.8 cm³/mol. The summed E-state index contributed by atoms with van der Waals surface area (Å²) in [6.07, 6.45) is 0. The van der Waals surface area contributed by atoms with Crippen LogP contribution in [0.15, 0.2) is 0 Å². The molecular weight excluding hydrogens is 80.0 g/mol. The molecule has 0 rings (SSSR count). The van der Waals surface area contributed by atoms with E-state index >= 15 is 0 Å². The predicted octanol–water partition coefficient (Wildman–Crippen LogP) is 1.43. The molecule has 0 aliphatic carbocycles. The monoisotopic (exact) mass is 92.1 g/mol. The van der Waals surface area contributed by atoms with Crippen LogP contribution in [0.5, 0.6) is 0 Å². The molecule has 0 spiro atoms. The fourth-order valence-corrected chi connectivity index (χ4v) is 0. The van der Waals surface area contributed by atoms with Crippen LogP contribution in [-0.2, 0) is 4.74 Å². The standard InChI is InChI=1S/C5H12O/c1-5(2,3)6-4/h1-4H3/i4+2,5+2. The normalized spacial score (nSPS) is 12.0. The lowest BCUT2D eigenvalue weighted by Gasteiger charge is -2.14. The van der Waals surface area contributed by atoms with Gasteiger partial charge in [0.05, 0.1) is 5.60 Å². The molecule has 0 aromatic rings. The maximum absolute atomic E-state index is 4.94. The van der Waals surface area contributed by atoms with Gasteiger partial charge in [-0.25, -0.2) is 0 Å². The number of hydrogen-bond donors (Lipinski definition) is 0. The summed E-state index contributed by atoms with van der Waals surface area (Å²) in [7, 11) is 1.71. The summed E-state index contributed by atoms with van der Waals surface area (Å²) in [6, 6.07) is 0. The van der Waals surface area contributed by atoms with E-state index < -0.39 is 0 Å². The summed E-state index contributed by atoms with van der Waals surface area (Å²) >= 11 is 0. The smallest absolute Gasteiger partial charge is 0.0594 e. The van der Waals surface area contributed by atoms with Crippen molar-refractivity contribution < 1.29 is 4.74 Å². The Balaban J connectivity index is 3.17. The third-order valence-corrected chi connectivity index (χ3v) is 0.612. The number of hydrogen-bond acceptors (Lipinski definition) is 1. The Hall–Kier alpha value is -0.0400. The summed E-state index contributed by atoms with van der Waals surface area (Å²) in [4.78, 5) is 0. The van der Waals surface area contributed by atoms with E-state index in [1.807, 2.05) is 20.8 Å². The molecule has 0 heterocycles. The van der Waals surface area contributed by atoms with Gasteiger partial charge in [-0.2, -0.15) is 0 Å². The van der Waals surface area contributed by atoms with E-state index in [1.165, 1.54) is 0 Å². The highest BCUT2D eigenvalue weighted by Gasteiger charge is 2.03. The molecule has 0 atom stereocenters. The van der Waals surface area contributed by atoms with Crippen LogP contribution in [0, 0.1) is 0 Å². The molecule has 0 saturated heterocycles. The van der Waals surface area contributed by atoms with Crippen molar-refractivity contribution >= 4 is 0 Å². The molecule has 0 unspecified atom stereocenters. The van der Waals surface area contributed by atoms with E-state index in [2.05, 4.69) is 0 Å². The van der Waals surface area contributed by atoms with Gasteiger partial charge in [-0.15, -0.1) is 0 Å². The molecule has 0 aliphatic heterocycles. The molecule has 1 nitrogen and oxygen atoms in total. The van der Waals surface area contributed by atoms with Crippen molar-refractivity contribution in [2.45, 2.75) is 26.4 Å². The van der Waals surface area contributed by atoms with Gasteiger partial charge in [0, 0.05) is 7.11 Å². The van der Waals surface area contributed by atoms with Gasteiger partial charge >= 0.3 is 0 Å². The minimum Gasteiger partial charge on any atom is -0.379 e. The fourth-order valence-electron chi connectivity index (χ4n) is 0. The highest BCUT2D eigenvalue weighted by molar-refractivity contribution is 4.55. The van der Waals surface area contributed by atoms with E-state index in [1.54, 1.807) is 7.11 Å². The Morgan fingerprint density at radius 1 is 1.33 bits per heavy atom. The van der Waals surface area contributed by atoms with Crippen molar-refractivity contribution in [1.29, 1.82) is 0 Å². The second-order valence-electron chi connectivity index (χ2n) is 2.32. The second kappa shape index (κ2) is 1.61. The first-order valence-electron chi connectivity index (χ1n) is 2.11. The molecule has 0 aliphatic rings. The van der Waals surface area contributed by atoms with Gasteiger partial charge in [0.15, 0.2) is 0 Å². The summed E-state index contributed by atoms with van der Waals surface area (Å²) < 4.78 is 4.94. The highest BCUT2D eigenvalue weighted by Crippen LogP contribution is 2.02. The van der Waals surface area contributed by atoms with Crippen molar-refractivity contribution in [3.05, 3.63) is 0 Å². The molecule has 0 aromatic carbocycles. The minimum atomic E-state index is 0.0417. The van der Waals surface area contributed by atoms with Gasteiger partial charge in [-0.1, -0.05) is 0 Å². The first kappa shape index (κ1) is 5.96. The van der Waals surface area contributed by atoms with Crippen LogP contribution < -0.4 is 0 Å². The third-order valence-electron chi connectivity index (χ3n) is 0.612. The van der Waals surface area contributed by atoms with Gasteiger partial charge < -0.3 is 4.74 Å². The van der Waals surface area contributed by atoms with E-state index in [0.717, 1.165) is 0 Å². The Bertz CT molecular complexity index is 33.7. The zero-order chi connectivity index (χ0) is 5.21. The quantitative estimate of drug-likeness (QED) is 0.439. The molecule has 0 fully saturated rings.